The Bertz CT molecular complexity index is 871. The third-order valence-corrected chi connectivity index (χ3v) is 5.55. The van der Waals surface area contributed by atoms with Crippen LogP contribution in [0.4, 0.5) is 23.7 Å². The van der Waals surface area contributed by atoms with Crippen LogP contribution < -0.4 is 4.90 Å². The zero-order valence-electron chi connectivity index (χ0n) is 14.5. The van der Waals surface area contributed by atoms with Gasteiger partial charge in [0.1, 0.15) is 4.99 Å². The van der Waals surface area contributed by atoms with Gasteiger partial charge < -0.3 is 4.90 Å². The van der Waals surface area contributed by atoms with Gasteiger partial charge in [0.05, 0.1) is 11.7 Å². The fourth-order valence-electron chi connectivity index (χ4n) is 2.81. The number of thioether (sulfide) groups is 1. The Balaban J connectivity index is 1.82. The Kier molecular flexibility index (Phi) is 5.43. The zero-order chi connectivity index (χ0) is 19.8. The molecule has 1 aliphatic rings. The maximum absolute atomic E-state index is 12.9. The molecular weight excluding hydrogens is 395 g/mol. The lowest BCUT2D eigenvalue weighted by molar-refractivity contribution is -0.0328. The summed E-state index contributed by atoms with van der Waals surface area (Å²) in [5, 5.41) is 0. The van der Waals surface area contributed by atoms with E-state index in [1.165, 1.54) is 29.2 Å². The van der Waals surface area contributed by atoms with Crippen molar-refractivity contribution in [1.29, 1.82) is 0 Å². The first-order chi connectivity index (χ1) is 12.7. The van der Waals surface area contributed by atoms with Gasteiger partial charge in [0, 0.05) is 23.8 Å². The Morgan fingerprint density at radius 1 is 1.22 bits per heavy atom. The first kappa shape index (κ1) is 19.6. The molecule has 2 amide bonds. The summed E-state index contributed by atoms with van der Waals surface area (Å²) in [6, 6.07) is 6.89. The molecule has 0 spiro atoms. The van der Waals surface area contributed by atoms with Crippen LogP contribution in [0.2, 0.25) is 0 Å². The van der Waals surface area contributed by atoms with E-state index in [-0.39, 0.29) is 28.7 Å². The average Bonchev–Trinajstić information content (AvgIpc) is 2.80. The molecule has 1 aliphatic heterocycles. The van der Waals surface area contributed by atoms with Crippen molar-refractivity contribution in [2.45, 2.75) is 36.8 Å². The lowest BCUT2D eigenvalue weighted by Crippen LogP contribution is -2.33. The smallest absolute Gasteiger partial charge is 0.311 e. The van der Waals surface area contributed by atoms with Crippen LogP contribution in [0.3, 0.4) is 0 Å². The summed E-state index contributed by atoms with van der Waals surface area (Å²) in [5.41, 5.74) is -1.96. The predicted octanol–water partition coefficient (Wildman–Crippen LogP) is 5.16. The molecule has 0 saturated carbocycles. The number of halogens is 3. The zero-order valence-corrected chi connectivity index (χ0v) is 16.2. The minimum atomic E-state index is -4.35. The molecule has 2 heterocycles. The van der Waals surface area contributed by atoms with Gasteiger partial charge in [-0.2, -0.15) is 13.2 Å². The van der Waals surface area contributed by atoms with Crippen LogP contribution in [-0.2, 0) is 6.54 Å². The van der Waals surface area contributed by atoms with Crippen molar-refractivity contribution in [3.05, 3.63) is 53.9 Å². The number of pyridine rings is 1. The second kappa shape index (κ2) is 7.47. The van der Waals surface area contributed by atoms with Crippen LogP contribution in [0.25, 0.3) is 0 Å². The van der Waals surface area contributed by atoms with E-state index < -0.39 is 5.51 Å². The normalized spacial score (nSPS) is 17.7. The lowest BCUT2D eigenvalue weighted by Gasteiger charge is -2.21. The Morgan fingerprint density at radius 3 is 2.48 bits per heavy atom. The van der Waals surface area contributed by atoms with Gasteiger partial charge in [-0.15, -0.1) is 0 Å². The van der Waals surface area contributed by atoms with E-state index in [0.717, 1.165) is 11.1 Å². The first-order valence-electron chi connectivity index (χ1n) is 8.07. The summed E-state index contributed by atoms with van der Waals surface area (Å²) >= 11 is 5.24. The molecule has 1 fully saturated rings. The minimum Gasteiger partial charge on any atom is -0.311 e. The number of aryl methyl sites for hydroxylation is 1. The van der Waals surface area contributed by atoms with Crippen molar-refractivity contribution in [1.82, 2.24) is 9.88 Å². The number of benzene rings is 1. The molecule has 1 atom stereocenters. The third-order valence-electron chi connectivity index (χ3n) is 4.29. The minimum absolute atomic E-state index is 0.0566. The largest absolute Gasteiger partial charge is 0.446 e. The van der Waals surface area contributed by atoms with Gasteiger partial charge in [-0.1, -0.05) is 12.2 Å². The summed E-state index contributed by atoms with van der Waals surface area (Å²) in [6.07, 6.45) is 3.40. The number of aromatic nitrogens is 1. The van der Waals surface area contributed by atoms with Crippen molar-refractivity contribution in [2.24, 2.45) is 0 Å². The van der Waals surface area contributed by atoms with E-state index in [2.05, 4.69) is 4.98 Å². The van der Waals surface area contributed by atoms with Crippen LogP contribution in [0.15, 0.2) is 47.6 Å². The highest BCUT2D eigenvalue weighted by molar-refractivity contribution is 8.00. The van der Waals surface area contributed by atoms with Crippen molar-refractivity contribution in [3.8, 4) is 0 Å². The highest BCUT2D eigenvalue weighted by atomic mass is 32.2. The van der Waals surface area contributed by atoms with E-state index in [4.69, 9.17) is 12.2 Å². The topological polar surface area (TPSA) is 36.4 Å². The molecule has 0 unspecified atom stereocenters. The van der Waals surface area contributed by atoms with Gasteiger partial charge in [0.15, 0.2) is 0 Å². The van der Waals surface area contributed by atoms with Gasteiger partial charge in [-0.3, -0.25) is 9.88 Å². The number of hydrogen-bond donors (Lipinski definition) is 0. The van der Waals surface area contributed by atoms with Gasteiger partial charge in [-0.25, -0.2) is 4.79 Å². The van der Waals surface area contributed by atoms with E-state index in [9.17, 15) is 18.0 Å². The molecule has 142 valence electrons. The molecule has 0 radical (unpaired) electrons. The second-order valence-electron chi connectivity index (χ2n) is 6.10. The number of hydrogen-bond acceptors (Lipinski definition) is 4. The quantitative estimate of drug-likeness (QED) is 0.514. The van der Waals surface area contributed by atoms with Crippen molar-refractivity contribution >= 4 is 40.7 Å². The molecule has 1 saturated heterocycles. The summed E-state index contributed by atoms with van der Waals surface area (Å²) in [4.78, 5) is 20.5. The Morgan fingerprint density at radius 2 is 1.89 bits per heavy atom. The number of anilines is 1. The van der Waals surface area contributed by atoms with Crippen molar-refractivity contribution < 1.29 is 18.0 Å². The Hall–Kier alpha value is -2.13. The molecule has 0 bridgehead atoms. The maximum Gasteiger partial charge on any atom is 0.446 e. The van der Waals surface area contributed by atoms with Crippen molar-refractivity contribution in [3.63, 3.8) is 0 Å². The lowest BCUT2D eigenvalue weighted by atomic mass is 10.1. The third kappa shape index (κ3) is 4.24. The number of carbonyl (C=O) groups excluding carboxylic acids is 1. The van der Waals surface area contributed by atoms with Gasteiger partial charge in [0.2, 0.25) is 0 Å². The molecule has 3 rings (SSSR count). The van der Waals surface area contributed by atoms with Gasteiger partial charge in [0.25, 0.3) is 0 Å². The monoisotopic (exact) mass is 411 g/mol. The Labute approximate surface area is 164 Å². The number of thiocarbonyl (C=S) groups is 1. The summed E-state index contributed by atoms with van der Waals surface area (Å²) < 4.78 is 37.4. The standard InChI is InChI=1S/C18H16F3N3OS2/c1-11-9-22-8-7-13(11)10-23-12(2)16(26)24(17(23)25)14-3-5-15(6-4-14)27-18(19,20)21/h3-9,12H,10H2,1-2H3/t12-/m1/s1. The van der Waals surface area contributed by atoms with E-state index in [0.29, 0.717) is 17.2 Å². The molecule has 4 nitrogen and oxygen atoms in total. The summed E-state index contributed by atoms with van der Waals surface area (Å²) in [6.45, 7) is 4.14. The number of amides is 2. The molecular formula is C18H16F3N3OS2. The maximum atomic E-state index is 12.9. The molecule has 1 aromatic heterocycles. The SMILES string of the molecule is Cc1cnccc1CN1C(=O)N(c2ccc(SC(F)(F)F)cc2)C(=S)[C@H]1C. The number of nitrogens with zero attached hydrogens (tertiary/aromatic N) is 3. The number of rotatable bonds is 4. The highest BCUT2D eigenvalue weighted by Gasteiger charge is 2.40. The fourth-order valence-corrected chi connectivity index (χ4v) is 3.66. The number of carbonyl (C=O) groups is 1. The van der Waals surface area contributed by atoms with Crippen LogP contribution in [0.5, 0.6) is 0 Å². The van der Waals surface area contributed by atoms with Crippen LogP contribution in [-0.4, -0.2) is 32.5 Å². The van der Waals surface area contributed by atoms with E-state index in [1.807, 2.05) is 19.9 Å². The predicted molar refractivity (Wildman–Crippen MR) is 103 cm³/mol. The fraction of sp³-hybridized carbons (Fsp3) is 0.278. The van der Waals surface area contributed by atoms with Crippen molar-refractivity contribution in [2.75, 3.05) is 4.90 Å². The number of alkyl halides is 3. The molecule has 27 heavy (non-hydrogen) atoms. The summed E-state index contributed by atoms with van der Waals surface area (Å²) in [7, 11) is 0. The molecule has 1 aromatic carbocycles. The van der Waals surface area contributed by atoms with E-state index >= 15 is 0 Å². The first-order valence-corrected chi connectivity index (χ1v) is 9.30. The highest BCUT2D eigenvalue weighted by Crippen LogP contribution is 2.38. The number of urea groups is 1. The summed E-state index contributed by atoms with van der Waals surface area (Å²) in [5.74, 6) is 0. The molecule has 2 aromatic rings. The molecule has 9 heteroatoms. The molecule has 0 aliphatic carbocycles. The second-order valence-corrected chi connectivity index (χ2v) is 7.66. The van der Waals surface area contributed by atoms with Gasteiger partial charge in [-0.05, 0) is 67.1 Å². The van der Waals surface area contributed by atoms with Gasteiger partial charge >= 0.3 is 11.5 Å². The van der Waals surface area contributed by atoms with E-state index in [1.54, 1.807) is 17.3 Å². The van der Waals surface area contributed by atoms with Crippen LogP contribution >= 0.6 is 24.0 Å². The van der Waals surface area contributed by atoms with Crippen LogP contribution in [0.1, 0.15) is 18.1 Å². The average molecular weight is 411 g/mol. The molecule has 0 N–H and O–H groups in total. The van der Waals surface area contributed by atoms with Crippen LogP contribution in [0, 0.1) is 6.92 Å².